The van der Waals surface area contributed by atoms with E-state index in [4.69, 9.17) is 4.74 Å². The third kappa shape index (κ3) is 5.19. The van der Waals surface area contributed by atoms with Crippen LogP contribution in [0.25, 0.3) is 0 Å². The molecule has 1 fully saturated rings. The largest absolute Gasteiger partial charge is 0.476 e. The van der Waals surface area contributed by atoms with Crippen LogP contribution < -0.4 is 14.4 Å². The Balaban J connectivity index is 1.43. The number of hydrogen-bond donors (Lipinski definition) is 1. The zero-order chi connectivity index (χ0) is 22.0. The highest BCUT2D eigenvalue weighted by Gasteiger charge is 2.35. The molecule has 0 bridgehead atoms. The molecule has 0 spiro atoms. The average Bonchev–Trinajstić information content (AvgIpc) is 3.23. The van der Waals surface area contributed by atoms with Gasteiger partial charge in [0, 0.05) is 13.1 Å². The van der Waals surface area contributed by atoms with E-state index in [1.807, 2.05) is 25.1 Å². The molecule has 2 aliphatic rings. The molecule has 2 aromatic carbocycles. The molecule has 1 saturated heterocycles. The quantitative estimate of drug-likeness (QED) is 0.742. The highest BCUT2D eigenvalue weighted by Crippen LogP contribution is 2.35. The van der Waals surface area contributed by atoms with Crippen LogP contribution in [-0.2, 0) is 27.9 Å². The summed E-state index contributed by atoms with van der Waals surface area (Å²) >= 11 is 0. The molecule has 7 nitrogen and oxygen atoms in total. The van der Waals surface area contributed by atoms with Gasteiger partial charge in [0.2, 0.25) is 10.0 Å². The molecule has 2 heterocycles. The van der Waals surface area contributed by atoms with E-state index in [9.17, 15) is 13.2 Å². The van der Waals surface area contributed by atoms with Gasteiger partial charge in [-0.05, 0) is 61.7 Å². The first-order valence-corrected chi connectivity index (χ1v) is 12.5. The fraction of sp³-hybridized carbons (Fsp3) is 0.435. The van der Waals surface area contributed by atoms with Gasteiger partial charge in [0.1, 0.15) is 5.75 Å². The van der Waals surface area contributed by atoms with Gasteiger partial charge < -0.3 is 10.1 Å². The summed E-state index contributed by atoms with van der Waals surface area (Å²) in [5, 5.41) is 2.91. The van der Waals surface area contributed by atoms with Gasteiger partial charge in [0.15, 0.2) is 6.10 Å². The predicted molar refractivity (Wildman–Crippen MR) is 121 cm³/mol. The molecule has 4 rings (SSSR count). The number of carbonyl (C=O) groups excluding carboxylic acids is 1. The molecule has 0 radical (unpaired) electrons. The van der Waals surface area contributed by atoms with E-state index in [0.29, 0.717) is 18.0 Å². The lowest BCUT2D eigenvalue weighted by Crippen LogP contribution is -2.50. The summed E-state index contributed by atoms with van der Waals surface area (Å²) in [6.07, 6.45) is 2.74. The van der Waals surface area contributed by atoms with E-state index in [1.165, 1.54) is 22.7 Å². The Morgan fingerprint density at radius 3 is 2.61 bits per heavy atom. The third-order valence-electron chi connectivity index (χ3n) is 5.74. The number of anilines is 1. The summed E-state index contributed by atoms with van der Waals surface area (Å²) in [5.74, 6) is 0.0789. The minimum Gasteiger partial charge on any atom is -0.476 e. The van der Waals surface area contributed by atoms with Crippen molar-refractivity contribution >= 4 is 21.6 Å². The van der Waals surface area contributed by atoms with Crippen LogP contribution in [0.1, 0.15) is 29.5 Å². The molecule has 8 heteroatoms. The van der Waals surface area contributed by atoms with Crippen molar-refractivity contribution in [3.05, 3.63) is 59.2 Å². The van der Waals surface area contributed by atoms with E-state index in [2.05, 4.69) is 22.3 Å². The van der Waals surface area contributed by atoms with Crippen molar-refractivity contribution in [1.82, 2.24) is 10.2 Å². The summed E-state index contributed by atoms with van der Waals surface area (Å²) in [6.45, 7) is 5.41. The number of aryl methyl sites for hydroxylation is 1. The lowest BCUT2D eigenvalue weighted by atomic mass is 10.1. The number of ether oxygens (including phenoxy) is 1. The van der Waals surface area contributed by atoms with Crippen molar-refractivity contribution in [2.75, 3.05) is 30.2 Å². The second-order valence-corrected chi connectivity index (χ2v) is 10.3. The molecule has 1 N–H and O–H groups in total. The number of nitrogens with one attached hydrogen (secondary N) is 1. The molecule has 1 amide bonds. The fourth-order valence-electron chi connectivity index (χ4n) is 4.15. The van der Waals surface area contributed by atoms with E-state index >= 15 is 0 Å². The van der Waals surface area contributed by atoms with Crippen LogP contribution in [0.4, 0.5) is 5.69 Å². The summed E-state index contributed by atoms with van der Waals surface area (Å²) in [5.41, 5.74) is 3.64. The lowest BCUT2D eigenvalue weighted by molar-refractivity contribution is -0.127. The number of fused-ring (bicyclic) bond motifs is 1. The van der Waals surface area contributed by atoms with Gasteiger partial charge >= 0.3 is 0 Å². The van der Waals surface area contributed by atoms with Crippen LogP contribution in [-0.4, -0.2) is 51.2 Å². The minimum atomic E-state index is -3.53. The van der Waals surface area contributed by atoms with Crippen LogP contribution >= 0.6 is 0 Å². The zero-order valence-corrected chi connectivity index (χ0v) is 18.8. The zero-order valence-electron chi connectivity index (χ0n) is 18.0. The Morgan fingerprint density at radius 2 is 1.87 bits per heavy atom. The smallest absolute Gasteiger partial charge is 0.263 e. The number of rotatable bonds is 6. The van der Waals surface area contributed by atoms with Crippen molar-refractivity contribution in [3.63, 3.8) is 0 Å². The maximum absolute atomic E-state index is 12.8. The Kier molecular flexibility index (Phi) is 6.20. The first kappa shape index (κ1) is 21.6. The van der Waals surface area contributed by atoms with Crippen LogP contribution in [0.2, 0.25) is 0 Å². The lowest BCUT2D eigenvalue weighted by Gasteiger charge is -2.34. The molecule has 1 unspecified atom stereocenters. The first-order valence-electron chi connectivity index (χ1n) is 10.6. The molecular formula is C23H29N3O4S. The highest BCUT2D eigenvalue weighted by atomic mass is 32.2. The number of nitrogens with zero attached hydrogens (tertiary/aromatic N) is 2. The molecule has 1 atom stereocenters. The van der Waals surface area contributed by atoms with Gasteiger partial charge in [-0.15, -0.1) is 0 Å². The molecule has 2 aromatic rings. The fourth-order valence-corrected chi connectivity index (χ4v) is 5.07. The number of hydrogen-bond acceptors (Lipinski definition) is 5. The molecule has 31 heavy (non-hydrogen) atoms. The maximum atomic E-state index is 12.8. The topological polar surface area (TPSA) is 79.0 Å². The molecular weight excluding hydrogens is 414 g/mol. The Bertz CT molecular complexity index is 1060. The molecule has 2 aliphatic heterocycles. The van der Waals surface area contributed by atoms with Crippen LogP contribution in [0.15, 0.2) is 42.5 Å². The van der Waals surface area contributed by atoms with Gasteiger partial charge in [-0.3, -0.25) is 14.0 Å². The predicted octanol–water partition coefficient (Wildman–Crippen LogP) is 2.43. The van der Waals surface area contributed by atoms with Crippen molar-refractivity contribution < 1.29 is 17.9 Å². The van der Waals surface area contributed by atoms with Crippen LogP contribution in [0, 0.1) is 6.92 Å². The average molecular weight is 444 g/mol. The molecule has 0 saturated carbocycles. The van der Waals surface area contributed by atoms with Crippen molar-refractivity contribution in [1.29, 1.82) is 0 Å². The van der Waals surface area contributed by atoms with Gasteiger partial charge in [-0.25, -0.2) is 8.42 Å². The number of amides is 1. The third-order valence-corrected chi connectivity index (χ3v) is 6.89. The Hall–Kier alpha value is -2.58. The standard InChI is InChI=1S/C23H29N3O4S/c1-17-8-9-20-21(12-17)30-22(16-26(20)31(2,28)29)23(27)24-14-18-6-5-7-19(13-18)15-25-10-3-4-11-25/h5-9,12-13,22H,3-4,10-11,14-16H2,1-2H3,(H,24,27). The first-order chi connectivity index (χ1) is 14.8. The molecule has 166 valence electrons. The summed E-state index contributed by atoms with van der Waals surface area (Å²) in [4.78, 5) is 15.3. The van der Waals surface area contributed by atoms with Gasteiger partial charge in [0.05, 0.1) is 18.5 Å². The van der Waals surface area contributed by atoms with E-state index < -0.39 is 16.1 Å². The summed E-state index contributed by atoms with van der Waals surface area (Å²) < 4.78 is 31.7. The van der Waals surface area contributed by atoms with E-state index in [1.54, 1.807) is 12.1 Å². The van der Waals surface area contributed by atoms with Gasteiger partial charge in [-0.1, -0.05) is 30.3 Å². The maximum Gasteiger partial charge on any atom is 0.263 e. The molecule has 0 aliphatic carbocycles. The number of sulfonamides is 1. The SMILES string of the molecule is Cc1ccc2c(c1)OC(C(=O)NCc1cccc(CN3CCCC3)c1)CN2S(C)(=O)=O. The number of benzene rings is 2. The van der Waals surface area contributed by atoms with Crippen LogP contribution in [0.5, 0.6) is 5.75 Å². The van der Waals surface area contributed by atoms with Crippen LogP contribution in [0.3, 0.4) is 0 Å². The number of likely N-dealkylation sites (tertiary alicyclic amines) is 1. The molecule has 0 aromatic heterocycles. The summed E-state index contributed by atoms with van der Waals surface area (Å²) in [6, 6.07) is 13.5. The second-order valence-electron chi connectivity index (χ2n) is 8.39. The van der Waals surface area contributed by atoms with Crippen molar-refractivity contribution in [3.8, 4) is 5.75 Å². The minimum absolute atomic E-state index is 0.0459. The van der Waals surface area contributed by atoms with E-state index in [-0.39, 0.29) is 12.5 Å². The second kappa shape index (κ2) is 8.88. The summed E-state index contributed by atoms with van der Waals surface area (Å²) in [7, 11) is -3.53. The highest BCUT2D eigenvalue weighted by molar-refractivity contribution is 7.92. The monoisotopic (exact) mass is 443 g/mol. The van der Waals surface area contributed by atoms with Crippen molar-refractivity contribution in [2.24, 2.45) is 0 Å². The Morgan fingerprint density at radius 1 is 1.13 bits per heavy atom. The van der Waals surface area contributed by atoms with Gasteiger partial charge in [0.25, 0.3) is 5.91 Å². The Labute approximate surface area is 184 Å². The number of carbonyl (C=O) groups is 1. The van der Waals surface area contributed by atoms with Gasteiger partial charge in [-0.2, -0.15) is 0 Å². The normalized spacial score (nSPS) is 19.0. The van der Waals surface area contributed by atoms with E-state index in [0.717, 1.165) is 37.0 Å². The van der Waals surface area contributed by atoms with Crippen molar-refractivity contribution in [2.45, 2.75) is 39.0 Å².